The number of carbonyl (C=O) groups is 1. The fourth-order valence-electron chi connectivity index (χ4n) is 3.24. The number of carbonyl (C=O) groups excluding carboxylic acids is 1. The van der Waals surface area contributed by atoms with Crippen molar-refractivity contribution in [3.05, 3.63) is 63.9 Å². The summed E-state index contributed by atoms with van der Waals surface area (Å²) in [5.41, 5.74) is 1.12. The number of nitriles is 1. The lowest BCUT2D eigenvalue weighted by Gasteiger charge is -2.22. The molecule has 3 rings (SSSR count). The molecule has 0 fully saturated rings. The van der Waals surface area contributed by atoms with Crippen LogP contribution in [0.5, 0.6) is 0 Å². The summed E-state index contributed by atoms with van der Waals surface area (Å²) in [6, 6.07) is 16.4. The molecule has 3 aromatic rings. The third-order valence-electron chi connectivity index (χ3n) is 4.95. The predicted molar refractivity (Wildman–Crippen MR) is 130 cm³/mol. The van der Waals surface area contributed by atoms with Crippen LogP contribution in [0, 0.1) is 17.2 Å². The predicted octanol–water partition coefficient (Wildman–Crippen LogP) is 5.13. The molecule has 0 aliphatic carbocycles. The van der Waals surface area contributed by atoms with Crippen molar-refractivity contribution in [2.45, 2.75) is 38.4 Å². The lowest BCUT2D eigenvalue weighted by atomic mass is 10.1. The van der Waals surface area contributed by atoms with Crippen molar-refractivity contribution in [2.24, 2.45) is 5.92 Å². The van der Waals surface area contributed by atoms with E-state index in [1.54, 1.807) is 27.7 Å². The van der Waals surface area contributed by atoms with E-state index >= 15 is 0 Å². The minimum absolute atomic E-state index is 0.0977. The molecule has 0 saturated heterocycles. The lowest BCUT2D eigenvalue weighted by Crippen LogP contribution is -2.33. The SMILES string of the molecule is CC(C)CCn1c(SCC(=O)N(CCC#N)c2ccccc2)nc2cc(Cl)ccc2c1=O. The highest BCUT2D eigenvalue weighted by Crippen LogP contribution is 2.23. The summed E-state index contributed by atoms with van der Waals surface area (Å²) in [5.74, 6) is 0.370. The van der Waals surface area contributed by atoms with Crippen LogP contribution in [-0.4, -0.2) is 27.8 Å². The molecule has 0 aliphatic heterocycles. The van der Waals surface area contributed by atoms with Crippen LogP contribution in [-0.2, 0) is 11.3 Å². The maximum absolute atomic E-state index is 13.1. The third-order valence-corrected chi connectivity index (χ3v) is 6.15. The van der Waals surface area contributed by atoms with Crippen LogP contribution < -0.4 is 10.5 Å². The summed E-state index contributed by atoms with van der Waals surface area (Å²) in [6.07, 6.45) is 1.05. The average Bonchev–Trinajstić information content (AvgIpc) is 2.77. The quantitative estimate of drug-likeness (QED) is 0.321. The zero-order chi connectivity index (χ0) is 23.1. The minimum Gasteiger partial charge on any atom is -0.311 e. The standard InChI is InChI=1S/C24H25ClN4O2S/c1-17(2)11-14-29-23(31)20-10-9-18(25)15-21(20)27-24(29)32-16-22(30)28(13-6-12-26)19-7-4-3-5-8-19/h3-5,7-10,15,17H,6,11,13-14,16H2,1-2H3. The largest absolute Gasteiger partial charge is 0.311 e. The molecule has 0 saturated carbocycles. The van der Waals surface area contributed by atoms with Gasteiger partial charge in [-0.2, -0.15) is 5.26 Å². The first-order chi connectivity index (χ1) is 15.4. The molecule has 0 N–H and O–H groups in total. The van der Waals surface area contributed by atoms with Crippen molar-refractivity contribution in [1.29, 1.82) is 5.26 Å². The first-order valence-corrected chi connectivity index (χ1v) is 11.8. The van der Waals surface area contributed by atoms with Gasteiger partial charge in [0.25, 0.3) is 5.56 Å². The molecule has 0 radical (unpaired) electrons. The van der Waals surface area contributed by atoms with Gasteiger partial charge in [-0.15, -0.1) is 0 Å². The minimum atomic E-state index is -0.146. The van der Waals surface area contributed by atoms with E-state index in [9.17, 15) is 9.59 Å². The summed E-state index contributed by atoms with van der Waals surface area (Å²) < 4.78 is 1.65. The van der Waals surface area contributed by atoms with E-state index in [4.69, 9.17) is 16.9 Å². The second kappa shape index (κ2) is 11.2. The Bertz CT molecular complexity index is 1190. The highest BCUT2D eigenvalue weighted by molar-refractivity contribution is 7.99. The Morgan fingerprint density at radius 3 is 2.69 bits per heavy atom. The van der Waals surface area contributed by atoms with Crippen molar-refractivity contribution in [1.82, 2.24) is 9.55 Å². The van der Waals surface area contributed by atoms with Gasteiger partial charge in [0, 0.05) is 23.8 Å². The van der Waals surface area contributed by atoms with Gasteiger partial charge in [0.15, 0.2) is 5.16 Å². The fourth-order valence-corrected chi connectivity index (χ4v) is 4.31. The van der Waals surface area contributed by atoms with Crippen LogP contribution in [0.15, 0.2) is 58.5 Å². The molecule has 0 spiro atoms. The molecule has 1 amide bonds. The topological polar surface area (TPSA) is 79.0 Å². The second-order valence-corrected chi connectivity index (χ2v) is 9.15. The van der Waals surface area contributed by atoms with Gasteiger partial charge >= 0.3 is 0 Å². The second-order valence-electron chi connectivity index (χ2n) is 7.77. The number of benzene rings is 2. The van der Waals surface area contributed by atoms with E-state index in [0.717, 1.165) is 12.1 Å². The highest BCUT2D eigenvalue weighted by atomic mass is 35.5. The Kier molecular flexibility index (Phi) is 8.32. The molecule has 1 heterocycles. The molecular weight excluding hydrogens is 444 g/mol. The van der Waals surface area contributed by atoms with E-state index in [0.29, 0.717) is 40.1 Å². The molecule has 6 nitrogen and oxygen atoms in total. The van der Waals surface area contributed by atoms with E-state index in [2.05, 4.69) is 24.9 Å². The zero-order valence-corrected chi connectivity index (χ0v) is 19.7. The molecule has 0 atom stereocenters. The first-order valence-electron chi connectivity index (χ1n) is 10.5. The van der Waals surface area contributed by atoms with Gasteiger partial charge in [-0.05, 0) is 42.7 Å². The smallest absolute Gasteiger partial charge is 0.262 e. The van der Waals surface area contributed by atoms with E-state index < -0.39 is 0 Å². The van der Waals surface area contributed by atoms with Crippen LogP contribution in [0.4, 0.5) is 5.69 Å². The number of nitrogens with zero attached hydrogens (tertiary/aromatic N) is 4. The molecular formula is C24H25ClN4O2S. The zero-order valence-electron chi connectivity index (χ0n) is 18.1. The van der Waals surface area contributed by atoms with Gasteiger partial charge < -0.3 is 4.90 Å². The summed E-state index contributed by atoms with van der Waals surface area (Å²) in [7, 11) is 0. The van der Waals surface area contributed by atoms with Gasteiger partial charge in [-0.1, -0.05) is 55.4 Å². The number of aromatic nitrogens is 2. The van der Waals surface area contributed by atoms with Crippen LogP contribution in [0.25, 0.3) is 10.9 Å². The van der Waals surface area contributed by atoms with Crippen LogP contribution in [0.2, 0.25) is 5.02 Å². The van der Waals surface area contributed by atoms with Gasteiger partial charge in [0.1, 0.15) is 0 Å². The van der Waals surface area contributed by atoms with Crippen molar-refractivity contribution >= 4 is 45.9 Å². The van der Waals surface area contributed by atoms with Crippen molar-refractivity contribution in [3.8, 4) is 6.07 Å². The molecule has 8 heteroatoms. The molecule has 1 aromatic heterocycles. The maximum Gasteiger partial charge on any atom is 0.262 e. The van der Waals surface area contributed by atoms with Crippen molar-refractivity contribution in [2.75, 3.05) is 17.2 Å². The number of fused-ring (bicyclic) bond motifs is 1. The van der Waals surface area contributed by atoms with Gasteiger partial charge in [0.2, 0.25) is 5.91 Å². The molecule has 0 bridgehead atoms. The number of hydrogen-bond acceptors (Lipinski definition) is 5. The molecule has 0 aliphatic rings. The van der Waals surface area contributed by atoms with Gasteiger partial charge in [0.05, 0.1) is 29.1 Å². The molecule has 166 valence electrons. The molecule has 0 unspecified atom stereocenters. The normalized spacial score (nSPS) is 11.0. The Balaban J connectivity index is 1.90. The summed E-state index contributed by atoms with van der Waals surface area (Å²) >= 11 is 7.34. The van der Waals surface area contributed by atoms with Crippen molar-refractivity contribution in [3.63, 3.8) is 0 Å². The number of hydrogen-bond donors (Lipinski definition) is 0. The summed E-state index contributed by atoms with van der Waals surface area (Å²) in [6.45, 7) is 5.03. The Morgan fingerprint density at radius 1 is 1.25 bits per heavy atom. The first kappa shape index (κ1) is 23.8. The van der Waals surface area contributed by atoms with Crippen LogP contribution in [0.3, 0.4) is 0 Å². The summed E-state index contributed by atoms with van der Waals surface area (Å²) in [4.78, 5) is 32.5. The maximum atomic E-state index is 13.1. The summed E-state index contributed by atoms with van der Waals surface area (Å²) in [5, 5.41) is 10.5. The number of halogens is 1. The highest BCUT2D eigenvalue weighted by Gasteiger charge is 2.18. The monoisotopic (exact) mass is 468 g/mol. The van der Waals surface area contributed by atoms with Crippen LogP contribution in [0.1, 0.15) is 26.7 Å². The lowest BCUT2D eigenvalue weighted by molar-refractivity contribution is -0.116. The molecule has 32 heavy (non-hydrogen) atoms. The van der Waals surface area contributed by atoms with Gasteiger partial charge in [-0.25, -0.2) is 4.98 Å². The van der Waals surface area contributed by atoms with E-state index in [1.807, 2.05) is 30.3 Å². The number of thioether (sulfide) groups is 1. The third kappa shape index (κ3) is 5.90. The van der Waals surface area contributed by atoms with Crippen molar-refractivity contribution < 1.29 is 4.79 Å². The van der Waals surface area contributed by atoms with Crippen LogP contribution >= 0.6 is 23.4 Å². The van der Waals surface area contributed by atoms with E-state index in [-0.39, 0.29) is 23.6 Å². The van der Waals surface area contributed by atoms with Gasteiger partial charge in [-0.3, -0.25) is 14.2 Å². The molecule has 2 aromatic carbocycles. The average molecular weight is 469 g/mol. The number of rotatable bonds is 9. The van der Waals surface area contributed by atoms with E-state index in [1.165, 1.54) is 11.8 Å². The Morgan fingerprint density at radius 2 is 2.00 bits per heavy atom. The number of para-hydroxylation sites is 1. The number of amides is 1. The Hall–Kier alpha value is -2.82. The Labute approximate surface area is 196 Å². The fraction of sp³-hybridized carbons (Fsp3) is 0.333. The number of anilines is 1.